The highest BCUT2D eigenvalue weighted by Gasteiger charge is 2.21. The molecule has 1 saturated heterocycles. The first-order valence-electron chi connectivity index (χ1n) is 10.9. The van der Waals surface area contributed by atoms with E-state index in [0.29, 0.717) is 5.56 Å². The van der Waals surface area contributed by atoms with Crippen LogP contribution in [-0.4, -0.2) is 44.7 Å². The standard InChI is InChI=1S/C24H26N6OS/c1-29-22(9-12-25-29)28-24-27-20-8-7-18(15-21(20)32-24)23(31)26-19-10-13-30(14-11-19)16-17-5-3-2-4-6-17/h2-9,12,15,19H,10-11,13-14,16H2,1H3,(H,26,31)(H,27,28). The van der Waals surface area contributed by atoms with Crippen LogP contribution in [0.1, 0.15) is 28.8 Å². The highest BCUT2D eigenvalue weighted by atomic mass is 32.1. The zero-order chi connectivity index (χ0) is 21.9. The molecule has 2 aromatic carbocycles. The summed E-state index contributed by atoms with van der Waals surface area (Å²) in [7, 11) is 1.88. The minimum absolute atomic E-state index is 0.0112. The molecule has 32 heavy (non-hydrogen) atoms. The Kier molecular flexibility index (Phi) is 5.87. The highest BCUT2D eigenvalue weighted by Crippen LogP contribution is 2.29. The number of hydrogen-bond donors (Lipinski definition) is 2. The highest BCUT2D eigenvalue weighted by molar-refractivity contribution is 7.22. The van der Waals surface area contributed by atoms with Crippen molar-refractivity contribution in [2.75, 3.05) is 18.4 Å². The van der Waals surface area contributed by atoms with Crippen LogP contribution in [0, 0.1) is 0 Å². The molecule has 0 saturated carbocycles. The summed E-state index contributed by atoms with van der Waals surface area (Å²) in [6, 6.07) is 18.4. The third-order valence-electron chi connectivity index (χ3n) is 5.88. The number of carbonyl (C=O) groups excluding carboxylic acids is 1. The number of hydrogen-bond acceptors (Lipinski definition) is 6. The fourth-order valence-electron chi connectivity index (χ4n) is 4.07. The van der Waals surface area contributed by atoms with Gasteiger partial charge in [0.2, 0.25) is 0 Å². The molecule has 2 N–H and O–H groups in total. The Balaban J connectivity index is 1.18. The Morgan fingerprint density at radius 2 is 1.94 bits per heavy atom. The van der Waals surface area contributed by atoms with Gasteiger partial charge in [0.1, 0.15) is 5.82 Å². The van der Waals surface area contributed by atoms with E-state index in [1.807, 2.05) is 37.4 Å². The molecule has 2 aromatic heterocycles. The van der Waals surface area contributed by atoms with E-state index in [9.17, 15) is 4.79 Å². The molecule has 0 spiro atoms. The molecule has 0 unspecified atom stereocenters. The molecule has 7 nitrogen and oxygen atoms in total. The van der Waals surface area contributed by atoms with Gasteiger partial charge in [0.05, 0.1) is 16.4 Å². The largest absolute Gasteiger partial charge is 0.349 e. The molecule has 164 valence electrons. The van der Waals surface area contributed by atoms with E-state index in [4.69, 9.17) is 0 Å². The molecule has 0 bridgehead atoms. The molecule has 8 heteroatoms. The summed E-state index contributed by atoms with van der Waals surface area (Å²) in [5, 5.41) is 11.5. The van der Waals surface area contributed by atoms with Crippen molar-refractivity contribution in [2.24, 2.45) is 7.05 Å². The second kappa shape index (κ2) is 9.10. The Morgan fingerprint density at radius 1 is 1.12 bits per heavy atom. The number of amides is 1. The van der Waals surface area contributed by atoms with Gasteiger partial charge in [-0.1, -0.05) is 41.7 Å². The van der Waals surface area contributed by atoms with Crippen molar-refractivity contribution in [1.29, 1.82) is 0 Å². The van der Waals surface area contributed by atoms with E-state index < -0.39 is 0 Å². The molecule has 0 aliphatic carbocycles. The molecule has 1 fully saturated rings. The van der Waals surface area contributed by atoms with Crippen LogP contribution in [0.25, 0.3) is 10.2 Å². The number of nitrogens with one attached hydrogen (secondary N) is 2. The predicted molar refractivity (Wildman–Crippen MR) is 128 cm³/mol. The van der Waals surface area contributed by atoms with Crippen molar-refractivity contribution in [3.8, 4) is 0 Å². The van der Waals surface area contributed by atoms with Crippen molar-refractivity contribution in [3.63, 3.8) is 0 Å². The van der Waals surface area contributed by atoms with Crippen LogP contribution >= 0.6 is 11.3 Å². The molecule has 5 rings (SSSR count). The first-order chi connectivity index (χ1) is 15.6. The Labute approximate surface area is 191 Å². The number of likely N-dealkylation sites (tertiary alicyclic amines) is 1. The molecule has 0 atom stereocenters. The monoisotopic (exact) mass is 446 g/mol. The van der Waals surface area contributed by atoms with Crippen LogP contribution < -0.4 is 10.6 Å². The number of aromatic nitrogens is 3. The predicted octanol–water partition coefficient (Wildman–Crippen LogP) is 4.17. The zero-order valence-corrected chi connectivity index (χ0v) is 18.8. The van der Waals surface area contributed by atoms with Crippen LogP contribution in [0.2, 0.25) is 0 Å². The summed E-state index contributed by atoms with van der Waals surface area (Å²) in [5.41, 5.74) is 2.90. The molecule has 1 aliphatic heterocycles. The van der Waals surface area contributed by atoms with Gasteiger partial charge in [-0.2, -0.15) is 5.10 Å². The first kappa shape index (κ1) is 20.7. The molecule has 1 amide bonds. The van der Waals surface area contributed by atoms with E-state index >= 15 is 0 Å². The van der Waals surface area contributed by atoms with Gasteiger partial charge in [0.15, 0.2) is 5.13 Å². The fourth-order valence-corrected chi connectivity index (χ4v) is 4.98. The second-order valence-corrected chi connectivity index (χ2v) is 9.21. The SMILES string of the molecule is Cn1nccc1Nc1nc2ccc(C(=O)NC3CCN(Cc4ccccc4)CC3)cc2s1. The maximum absolute atomic E-state index is 12.9. The average Bonchev–Trinajstić information content (AvgIpc) is 3.40. The Morgan fingerprint density at radius 3 is 2.69 bits per heavy atom. The quantitative estimate of drug-likeness (QED) is 0.465. The van der Waals surface area contributed by atoms with Crippen molar-refractivity contribution in [3.05, 3.63) is 71.9 Å². The van der Waals surface area contributed by atoms with Crippen molar-refractivity contribution in [2.45, 2.75) is 25.4 Å². The number of anilines is 2. The number of rotatable bonds is 6. The minimum Gasteiger partial charge on any atom is -0.349 e. The van der Waals surface area contributed by atoms with Gasteiger partial charge < -0.3 is 10.6 Å². The summed E-state index contributed by atoms with van der Waals surface area (Å²) in [4.78, 5) is 19.9. The van der Waals surface area contributed by atoms with Crippen molar-refractivity contribution >= 4 is 38.4 Å². The van der Waals surface area contributed by atoms with Crippen LogP contribution in [0.3, 0.4) is 0 Å². The lowest BCUT2D eigenvalue weighted by molar-refractivity contribution is 0.0909. The minimum atomic E-state index is -0.0112. The maximum atomic E-state index is 12.9. The number of aryl methyl sites for hydroxylation is 1. The van der Waals surface area contributed by atoms with Gasteiger partial charge in [-0.3, -0.25) is 14.4 Å². The van der Waals surface area contributed by atoms with Gasteiger partial charge in [-0.15, -0.1) is 0 Å². The average molecular weight is 447 g/mol. The summed E-state index contributed by atoms with van der Waals surface area (Å²) >= 11 is 1.53. The molecule has 1 aliphatic rings. The number of thiazole rings is 1. The van der Waals surface area contributed by atoms with Crippen LogP contribution in [0.15, 0.2) is 60.8 Å². The zero-order valence-electron chi connectivity index (χ0n) is 18.0. The van der Waals surface area contributed by atoms with Gasteiger partial charge in [-0.05, 0) is 36.6 Å². The third kappa shape index (κ3) is 4.66. The fraction of sp³-hybridized carbons (Fsp3) is 0.292. The molecular formula is C24H26N6OS. The Bertz CT molecular complexity index is 1210. The number of benzene rings is 2. The van der Waals surface area contributed by atoms with E-state index in [-0.39, 0.29) is 11.9 Å². The van der Waals surface area contributed by atoms with Gasteiger partial charge in [0, 0.05) is 44.4 Å². The third-order valence-corrected chi connectivity index (χ3v) is 6.81. The smallest absolute Gasteiger partial charge is 0.251 e. The molecule has 3 heterocycles. The molecule has 4 aromatic rings. The second-order valence-electron chi connectivity index (χ2n) is 8.18. The summed E-state index contributed by atoms with van der Waals surface area (Å²) in [6.07, 6.45) is 3.69. The van der Waals surface area contributed by atoms with Crippen LogP contribution in [0.5, 0.6) is 0 Å². The van der Waals surface area contributed by atoms with Crippen LogP contribution in [-0.2, 0) is 13.6 Å². The van der Waals surface area contributed by atoms with Crippen molar-refractivity contribution in [1.82, 2.24) is 25.0 Å². The number of fused-ring (bicyclic) bond motifs is 1. The maximum Gasteiger partial charge on any atom is 0.251 e. The van der Waals surface area contributed by atoms with E-state index in [2.05, 4.69) is 49.9 Å². The van der Waals surface area contributed by atoms with Gasteiger partial charge in [0.25, 0.3) is 5.91 Å². The Hall–Kier alpha value is -3.23. The summed E-state index contributed by atoms with van der Waals surface area (Å²) < 4.78 is 2.75. The van der Waals surface area contributed by atoms with E-state index in [1.165, 1.54) is 16.9 Å². The molecular weight excluding hydrogens is 420 g/mol. The summed E-state index contributed by atoms with van der Waals surface area (Å²) in [5.74, 6) is 0.864. The van der Waals surface area contributed by atoms with E-state index in [1.54, 1.807) is 10.9 Å². The number of carbonyl (C=O) groups is 1. The lowest BCUT2D eigenvalue weighted by Gasteiger charge is -2.32. The lowest BCUT2D eigenvalue weighted by atomic mass is 10.0. The molecule has 0 radical (unpaired) electrons. The topological polar surface area (TPSA) is 75.1 Å². The number of piperidine rings is 1. The lowest BCUT2D eigenvalue weighted by Crippen LogP contribution is -2.44. The van der Waals surface area contributed by atoms with Crippen molar-refractivity contribution < 1.29 is 4.79 Å². The van der Waals surface area contributed by atoms with Crippen LogP contribution in [0.4, 0.5) is 10.9 Å². The normalized spacial score (nSPS) is 15.2. The van der Waals surface area contributed by atoms with Gasteiger partial charge >= 0.3 is 0 Å². The summed E-state index contributed by atoms with van der Waals surface area (Å²) in [6.45, 7) is 2.96. The first-order valence-corrected chi connectivity index (χ1v) is 11.7. The van der Waals surface area contributed by atoms with E-state index in [0.717, 1.165) is 53.6 Å². The van der Waals surface area contributed by atoms with Gasteiger partial charge in [-0.25, -0.2) is 4.98 Å². The number of nitrogens with zero attached hydrogens (tertiary/aromatic N) is 4.